The molecule has 0 spiro atoms. The number of benzene rings is 2. The first-order valence-electron chi connectivity index (χ1n) is 8.68. The molecule has 136 valence electrons. The highest BCUT2D eigenvalue weighted by Gasteiger charge is 2.25. The number of hydrogen-bond acceptors (Lipinski definition) is 5. The Morgan fingerprint density at radius 3 is 2.77 bits per heavy atom. The topological polar surface area (TPSA) is 38.8 Å². The summed E-state index contributed by atoms with van der Waals surface area (Å²) < 4.78 is 11.8. The van der Waals surface area contributed by atoms with E-state index in [1.54, 1.807) is 7.11 Å². The molecule has 1 fully saturated rings. The zero-order chi connectivity index (χ0) is 17.9. The lowest BCUT2D eigenvalue weighted by atomic mass is 10.2. The van der Waals surface area contributed by atoms with Crippen LogP contribution in [0.5, 0.6) is 11.5 Å². The van der Waals surface area contributed by atoms with Gasteiger partial charge in [0, 0.05) is 23.7 Å². The molecule has 26 heavy (non-hydrogen) atoms. The summed E-state index contributed by atoms with van der Waals surface area (Å²) in [4.78, 5) is 14.4. The molecular weight excluding hydrogens is 366 g/mol. The number of ether oxygens (including phenoxy) is 2. The van der Waals surface area contributed by atoms with E-state index in [2.05, 4.69) is 12.1 Å². The molecule has 0 radical (unpaired) electrons. The molecule has 0 aliphatic carbocycles. The molecule has 0 unspecified atom stereocenters. The summed E-state index contributed by atoms with van der Waals surface area (Å²) in [5, 5.41) is 0. The number of hydrogen-bond donors (Lipinski definition) is 0. The van der Waals surface area contributed by atoms with Crippen LogP contribution in [0.3, 0.4) is 0 Å². The Bertz CT molecular complexity index is 805. The Balaban J connectivity index is 1.43. The molecule has 2 aliphatic heterocycles. The third-order valence-corrected chi connectivity index (χ3v) is 7.73. The predicted octanol–water partition coefficient (Wildman–Crippen LogP) is 4.14. The van der Waals surface area contributed by atoms with Crippen molar-refractivity contribution in [3.05, 3.63) is 53.6 Å². The highest BCUT2D eigenvalue weighted by atomic mass is 32.2. The molecule has 2 heterocycles. The molecule has 0 N–H and O–H groups in total. The van der Waals surface area contributed by atoms with Crippen molar-refractivity contribution >= 4 is 35.1 Å². The minimum Gasteiger partial charge on any atom is -0.493 e. The lowest BCUT2D eigenvalue weighted by Gasteiger charge is -2.19. The van der Waals surface area contributed by atoms with Crippen LogP contribution in [0.15, 0.2) is 42.5 Å². The van der Waals surface area contributed by atoms with Crippen LogP contribution in [0, 0.1) is 0 Å². The van der Waals surface area contributed by atoms with Gasteiger partial charge in [0.25, 0.3) is 5.91 Å². The summed E-state index contributed by atoms with van der Waals surface area (Å²) in [6.07, 6.45) is 0.899. The number of rotatable bonds is 5. The fourth-order valence-corrected chi connectivity index (χ4v) is 6.15. The second-order valence-corrected chi connectivity index (χ2v) is 8.92. The number of fused-ring (bicyclic) bond motifs is 1. The van der Waals surface area contributed by atoms with Crippen LogP contribution in [-0.4, -0.2) is 37.7 Å². The number of nitrogens with zero attached hydrogens (tertiary/aromatic N) is 1. The average molecular weight is 388 g/mol. The van der Waals surface area contributed by atoms with Gasteiger partial charge in [-0.2, -0.15) is 0 Å². The summed E-state index contributed by atoms with van der Waals surface area (Å²) >= 11 is 3.91. The first-order chi connectivity index (χ1) is 12.8. The number of thioether (sulfide) groups is 2. The molecule has 2 aromatic rings. The van der Waals surface area contributed by atoms with E-state index in [-0.39, 0.29) is 12.5 Å². The molecule has 0 saturated carbocycles. The smallest absolute Gasteiger partial charge is 0.264 e. The molecule has 0 atom stereocenters. The predicted molar refractivity (Wildman–Crippen MR) is 109 cm³/mol. The van der Waals surface area contributed by atoms with Crippen LogP contribution in [0.4, 0.5) is 5.69 Å². The van der Waals surface area contributed by atoms with Crippen LogP contribution in [0.2, 0.25) is 0 Å². The summed E-state index contributed by atoms with van der Waals surface area (Å²) in [6.45, 7) is 0.727. The molecule has 0 bridgehead atoms. The number of methoxy groups -OCH3 is 1. The highest BCUT2D eigenvalue weighted by Crippen LogP contribution is 2.46. The maximum Gasteiger partial charge on any atom is 0.264 e. The molecule has 6 heteroatoms. The van der Waals surface area contributed by atoms with Crippen molar-refractivity contribution in [2.75, 3.05) is 36.7 Å². The van der Waals surface area contributed by atoms with Gasteiger partial charge in [-0.05, 0) is 35.7 Å². The van der Waals surface area contributed by atoms with Crippen LogP contribution >= 0.6 is 23.5 Å². The molecule has 1 amide bonds. The molecular formula is C20H21NO3S2. The molecule has 4 rings (SSSR count). The standard InChI is InChI=1S/C20H21NO3S2/c1-23-18-12-15(20-25-10-11-26-20)6-7-17(18)24-13-19(22)21-9-8-14-4-2-3-5-16(14)21/h2-7,12,20H,8-11,13H2,1H3. The molecule has 1 saturated heterocycles. The Morgan fingerprint density at radius 2 is 1.96 bits per heavy atom. The zero-order valence-electron chi connectivity index (χ0n) is 14.6. The number of carbonyl (C=O) groups is 1. The van der Waals surface area contributed by atoms with Crippen LogP contribution in [0.25, 0.3) is 0 Å². The largest absolute Gasteiger partial charge is 0.493 e. The minimum atomic E-state index is -0.0250. The normalized spacial score (nSPS) is 16.6. The van der Waals surface area contributed by atoms with E-state index in [4.69, 9.17) is 9.47 Å². The molecule has 4 nitrogen and oxygen atoms in total. The van der Waals surface area contributed by atoms with E-state index < -0.39 is 0 Å². The van der Waals surface area contributed by atoms with Gasteiger partial charge in [0.05, 0.1) is 11.7 Å². The number of anilines is 1. The quantitative estimate of drug-likeness (QED) is 0.771. The van der Waals surface area contributed by atoms with E-state index in [1.165, 1.54) is 22.6 Å². The van der Waals surface area contributed by atoms with Gasteiger partial charge in [-0.1, -0.05) is 24.3 Å². The molecule has 2 aromatic carbocycles. The van der Waals surface area contributed by atoms with Crippen molar-refractivity contribution in [2.24, 2.45) is 0 Å². The lowest BCUT2D eigenvalue weighted by molar-refractivity contribution is -0.120. The highest BCUT2D eigenvalue weighted by molar-refractivity contribution is 8.19. The van der Waals surface area contributed by atoms with Gasteiger partial charge >= 0.3 is 0 Å². The monoisotopic (exact) mass is 387 g/mol. The summed E-state index contributed by atoms with van der Waals surface area (Å²) in [5.41, 5.74) is 3.45. The van der Waals surface area contributed by atoms with Crippen LogP contribution in [0.1, 0.15) is 15.7 Å². The first-order valence-corrected chi connectivity index (χ1v) is 10.8. The lowest BCUT2D eigenvalue weighted by Crippen LogP contribution is -2.33. The van der Waals surface area contributed by atoms with Gasteiger partial charge in [-0.15, -0.1) is 23.5 Å². The van der Waals surface area contributed by atoms with E-state index in [9.17, 15) is 4.79 Å². The van der Waals surface area contributed by atoms with Gasteiger partial charge in [0.2, 0.25) is 0 Å². The van der Waals surface area contributed by atoms with E-state index in [0.717, 1.165) is 12.1 Å². The molecule has 2 aliphatic rings. The van der Waals surface area contributed by atoms with E-state index >= 15 is 0 Å². The summed E-state index contributed by atoms with van der Waals surface area (Å²) in [5.74, 6) is 3.64. The maximum atomic E-state index is 12.6. The third-order valence-electron chi connectivity index (χ3n) is 4.62. The first kappa shape index (κ1) is 17.6. The van der Waals surface area contributed by atoms with Crippen molar-refractivity contribution in [3.8, 4) is 11.5 Å². The number of para-hydroxylation sites is 1. The second-order valence-electron chi connectivity index (χ2n) is 6.20. The van der Waals surface area contributed by atoms with Gasteiger partial charge < -0.3 is 14.4 Å². The minimum absolute atomic E-state index is 0.0109. The summed E-state index contributed by atoms with van der Waals surface area (Å²) in [6, 6.07) is 14.1. The van der Waals surface area contributed by atoms with Crippen molar-refractivity contribution < 1.29 is 14.3 Å². The zero-order valence-corrected chi connectivity index (χ0v) is 16.3. The molecule has 0 aromatic heterocycles. The summed E-state index contributed by atoms with van der Waals surface area (Å²) in [7, 11) is 1.64. The Morgan fingerprint density at radius 1 is 1.15 bits per heavy atom. The Labute approximate surface area is 162 Å². The van der Waals surface area contributed by atoms with Crippen LogP contribution in [-0.2, 0) is 11.2 Å². The third kappa shape index (κ3) is 3.53. The van der Waals surface area contributed by atoms with Crippen molar-refractivity contribution in [2.45, 2.75) is 11.0 Å². The van der Waals surface area contributed by atoms with Gasteiger partial charge in [0.15, 0.2) is 18.1 Å². The van der Waals surface area contributed by atoms with Gasteiger partial charge in [0.1, 0.15) is 0 Å². The van der Waals surface area contributed by atoms with Gasteiger partial charge in [-0.3, -0.25) is 4.79 Å². The van der Waals surface area contributed by atoms with Gasteiger partial charge in [-0.25, -0.2) is 0 Å². The number of carbonyl (C=O) groups excluding carboxylic acids is 1. The van der Waals surface area contributed by atoms with Crippen LogP contribution < -0.4 is 14.4 Å². The van der Waals surface area contributed by atoms with Crippen molar-refractivity contribution in [1.29, 1.82) is 0 Å². The maximum absolute atomic E-state index is 12.6. The Kier molecular flexibility index (Phi) is 5.31. The van der Waals surface area contributed by atoms with Crippen molar-refractivity contribution in [1.82, 2.24) is 0 Å². The SMILES string of the molecule is COc1cc(C2SCCS2)ccc1OCC(=O)N1CCc2ccccc21. The average Bonchev–Trinajstić information content (AvgIpc) is 3.35. The van der Waals surface area contributed by atoms with E-state index in [1.807, 2.05) is 58.8 Å². The number of amides is 1. The fourth-order valence-electron chi connectivity index (χ4n) is 3.32. The van der Waals surface area contributed by atoms with Crippen molar-refractivity contribution in [3.63, 3.8) is 0 Å². The fraction of sp³-hybridized carbons (Fsp3) is 0.350. The second kappa shape index (κ2) is 7.84. The Hall–Kier alpha value is -1.79. The van der Waals surface area contributed by atoms with E-state index in [0.29, 0.717) is 22.6 Å².